The molecule has 0 aromatic heterocycles. The molecule has 3 atom stereocenters. The van der Waals surface area contributed by atoms with Crippen molar-refractivity contribution in [3.63, 3.8) is 0 Å². The number of aliphatic carboxylic acids is 3. The topological polar surface area (TPSA) is 340 Å². The molecule has 0 saturated heterocycles. The number of carbonyl (C=O) groups is 13. The number of unbranched alkanes of at least 4 members (excludes halogenated alkanes) is 31. The van der Waals surface area contributed by atoms with Gasteiger partial charge in [0.2, 0.25) is 0 Å². The zero-order valence-corrected chi connectivity index (χ0v) is 82.3. The molecule has 21 nitrogen and oxygen atoms in total. The highest BCUT2D eigenvalue weighted by Gasteiger charge is 2.21. The number of hydrogen-bond acceptors (Lipinski definition) is 18. The van der Waals surface area contributed by atoms with Crippen molar-refractivity contribution in [1.82, 2.24) is 0 Å². The SMILES string of the molecule is CC(=O)CCCCC(C)C(=O)C(C)CCCCC(C)=O.CCCCCCC(CO)CCCCCC.CCCCCCCC(CCCCCC)COC(=O)CCCCCC(=O)CCCCCC(=O)OCC(CCCCCC)CCCCCC.CCOC(=O)CC(=O)CC(=O)OCC.O=C(O)CCCCCBr.O=C(O)CCCCCC(=O)CCCCCC(=O)O. The number of ketones is 6. The summed E-state index contributed by atoms with van der Waals surface area (Å²) in [7, 11) is 0. The Morgan fingerprint density at radius 3 is 0.756 bits per heavy atom. The van der Waals surface area contributed by atoms with Crippen molar-refractivity contribution < 1.29 is 102 Å². The number of carbonyl (C=O) groups excluding carboxylic acids is 10. The maximum absolute atomic E-state index is 12.4. The molecule has 0 amide bonds. The van der Waals surface area contributed by atoms with Crippen molar-refractivity contribution in [2.75, 3.05) is 38.4 Å². The van der Waals surface area contributed by atoms with Gasteiger partial charge >= 0.3 is 41.8 Å². The number of halogens is 1. The van der Waals surface area contributed by atoms with Gasteiger partial charge in [0.1, 0.15) is 41.8 Å². The van der Waals surface area contributed by atoms with Gasteiger partial charge in [-0.2, -0.15) is 0 Å². The maximum Gasteiger partial charge on any atom is 0.313 e. The number of alkyl halides is 1. The van der Waals surface area contributed by atoms with Crippen LogP contribution in [0.15, 0.2) is 0 Å². The summed E-state index contributed by atoms with van der Waals surface area (Å²) in [6, 6.07) is 0. The van der Waals surface area contributed by atoms with E-state index in [0.717, 1.165) is 127 Å². The van der Waals surface area contributed by atoms with Crippen LogP contribution in [0.4, 0.5) is 0 Å². The van der Waals surface area contributed by atoms with Gasteiger partial charge in [0, 0.05) is 94.4 Å². The standard InChI is InChI=1S/C42H80O5.C17H30O3.C14H30O.C13H22O5.C9H14O5.C6H11BrO2/c1-5-9-13-17-23-31-39(30-22-16-12-8-4)37-47-42(45)35-27-19-25-33-40(43)32-24-18-26-34-41(44)46-36-38(28-20-14-10-6-2)29-21-15-11-7-3;1-13(9-5-7-11-15(3)18)17(20)14(2)10-6-8-12-16(4)19;1-3-5-7-9-11-14(13-15)12-10-8-6-4-2;14-11(7-3-1-5-9-12(15)16)8-4-2-6-10-13(17)18;1-3-13-8(11)5-7(10)6-9(12)14-4-2;7-5-3-1-2-4-6(8)9/h38-39H,5-37H2,1-4H3;13-14H,5-12H2,1-4H3;14-15H,3-13H2,1-2H3;1-10H2,(H,15,16)(H,17,18);3-6H2,1-2H3;1-5H2,(H,8,9). The Bertz CT molecular complexity index is 2420. The molecule has 123 heavy (non-hydrogen) atoms. The van der Waals surface area contributed by atoms with Gasteiger partial charge in [-0.1, -0.05) is 277 Å². The predicted octanol–water partition coefficient (Wildman–Crippen LogP) is 26.8. The van der Waals surface area contributed by atoms with Crippen LogP contribution in [0.25, 0.3) is 0 Å². The van der Waals surface area contributed by atoms with Crippen molar-refractivity contribution in [3.8, 4) is 0 Å². The van der Waals surface area contributed by atoms with Gasteiger partial charge in [-0.3, -0.25) is 52.7 Å². The van der Waals surface area contributed by atoms with Crippen LogP contribution >= 0.6 is 15.9 Å². The molecule has 0 aromatic carbocycles. The maximum atomic E-state index is 12.4. The van der Waals surface area contributed by atoms with Gasteiger partial charge in [0.25, 0.3) is 0 Å². The zero-order valence-electron chi connectivity index (χ0n) is 80.7. The van der Waals surface area contributed by atoms with E-state index < -0.39 is 35.6 Å². The van der Waals surface area contributed by atoms with Crippen LogP contribution in [0.5, 0.6) is 0 Å². The molecule has 0 aromatic rings. The number of aliphatic hydroxyl groups excluding tert-OH is 1. The Morgan fingerprint density at radius 2 is 0.496 bits per heavy atom. The minimum Gasteiger partial charge on any atom is -0.481 e. The molecule has 0 rings (SSSR count). The predicted molar refractivity (Wildman–Crippen MR) is 503 cm³/mol. The normalized spacial score (nSPS) is 11.4. The molecule has 724 valence electrons. The number of carboxylic acids is 3. The second-order valence-electron chi connectivity index (χ2n) is 34.2. The first-order valence-electron chi connectivity index (χ1n) is 49.6. The molecular weight excluding hydrogens is 1630 g/mol. The van der Waals surface area contributed by atoms with Crippen LogP contribution in [-0.2, 0) is 81.3 Å². The monoisotopic (exact) mass is 1820 g/mol. The molecular formula is C101H187BrO21. The van der Waals surface area contributed by atoms with E-state index in [-0.39, 0.29) is 80.0 Å². The molecule has 0 radical (unpaired) electrons. The summed E-state index contributed by atoms with van der Waals surface area (Å²) >= 11 is 3.27. The lowest BCUT2D eigenvalue weighted by Gasteiger charge is -2.17. The first-order valence-corrected chi connectivity index (χ1v) is 50.7. The number of Topliss-reactive ketones (excluding diaryl/α,β-unsaturated/α-hetero) is 6. The van der Waals surface area contributed by atoms with Gasteiger partial charge in [-0.05, 0) is 174 Å². The second kappa shape index (κ2) is 102. The minimum atomic E-state index is -0.792. The molecule has 0 fully saturated rings. The summed E-state index contributed by atoms with van der Waals surface area (Å²) in [5, 5.41) is 35.3. The highest BCUT2D eigenvalue weighted by atomic mass is 79.9. The molecule has 4 N–H and O–H groups in total. The number of aliphatic hydroxyl groups is 1. The number of esters is 4. The fourth-order valence-electron chi connectivity index (χ4n) is 14.0. The Morgan fingerprint density at radius 1 is 0.260 bits per heavy atom. The van der Waals surface area contributed by atoms with Crippen molar-refractivity contribution in [2.24, 2.45) is 29.6 Å². The van der Waals surface area contributed by atoms with E-state index in [1.54, 1.807) is 27.7 Å². The lowest BCUT2D eigenvalue weighted by Crippen LogP contribution is -2.19. The molecule has 0 aliphatic rings. The van der Waals surface area contributed by atoms with E-state index in [2.05, 4.69) is 66.9 Å². The lowest BCUT2D eigenvalue weighted by molar-refractivity contribution is -0.149. The minimum absolute atomic E-state index is 0.0751. The van der Waals surface area contributed by atoms with Gasteiger partial charge in [-0.25, -0.2) is 0 Å². The van der Waals surface area contributed by atoms with Crippen LogP contribution in [0.2, 0.25) is 0 Å². The average Bonchev–Trinajstić information content (AvgIpc) is 0.925. The van der Waals surface area contributed by atoms with Crippen molar-refractivity contribution in [1.29, 1.82) is 0 Å². The Labute approximate surface area is 758 Å². The van der Waals surface area contributed by atoms with Crippen LogP contribution < -0.4 is 0 Å². The summed E-state index contributed by atoms with van der Waals surface area (Å²) in [6.45, 7) is 26.0. The first kappa shape index (κ1) is 129. The number of carboxylic acid groups (broad SMARTS) is 3. The van der Waals surface area contributed by atoms with E-state index in [9.17, 15) is 67.4 Å². The van der Waals surface area contributed by atoms with Crippen LogP contribution in [-0.4, -0.2) is 135 Å². The van der Waals surface area contributed by atoms with Crippen molar-refractivity contribution in [2.45, 2.75) is 500 Å². The quantitative estimate of drug-likeness (QED) is 0.0144. The van der Waals surface area contributed by atoms with Gasteiger partial charge < -0.3 is 49.0 Å². The highest BCUT2D eigenvalue weighted by Crippen LogP contribution is 2.25. The average molecular weight is 1820 g/mol. The third-order valence-corrected chi connectivity index (χ3v) is 22.3. The largest absolute Gasteiger partial charge is 0.481 e. The molecule has 22 heteroatoms. The third-order valence-electron chi connectivity index (χ3n) is 21.8. The van der Waals surface area contributed by atoms with Crippen LogP contribution in [0, 0.1) is 29.6 Å². The smallest absolute Gasteiger partial charge is 0.313 e. The van der Waals surface area contributed by atoms with E-state index in [1.807, 2.05) is 13.8 Å². The van der Waals surface area contributed by atoms with Gasteiger partial charge in [-0.15, -0.1) is 0 Å². The third kappa shape index (κ3) is 111. The fraction of sp³-hybridized carbons (Fsp3) is 0.871. The number of rotatable bonds is 83. The van der Waals surface area contributed by atoms with Gasteiger partial charge in [0.15, 0.2) is 5.78 Å². The van der Waals surface area contributed by atoms with E-state index >= 15 is 0 Å². The molecule has 0 heterocycles. The molecule has 0 saturated carbocycles. The fourth-order valence-corrected chi connectivity index (χ4v) is 14.4. The Kier molecular flexibility index (Phi) is 107. The van der Waals surface area contributed by atoms with Crippen molar-refractivity contribution >= 4 is 92.4 Å². The van der Waals surface area contributed by atoms with E-state index in [0.29, 0.717) is 120 Å². The summed E-state index contributed by atoms with van der Waals surface area (Å²) in [5.74, 6) is -1.09. The summed E-state index contributed by atoms with van der Waals surface area (Å²) in [6.07, 6.45) is 61.4. The Hall–Kier alpha value is -5.25. The second-order valence-corrected chi connectivity index (χ2v) is 35.0. The molecule has 0 aliphatic carbocycles. The molecule has 0 spiro atoms. The molecule has 0 aliphatic heterocycles. The number of hydrogen-bond donors (Lipinski definition) is 4. The summed E-state index contributed by atoms with van der Waals surface area (Å²) in [5.41, 5.74) is 0. The summed E-state index contributed by atoms with van der Waals surface area (Å²) in [4.78, 5) is 145. The Balaban J connectivity index is -0.000000372. The van der Waals surface area contributed by atoms with Crippen molar-refractivity contribution in [3.05, 3.63) is 0 Å². The van der Waals surface area contributed by atoms with Crippen LogP contribution in [0.3, 0.4) is 0 Å². The summed E-state index contributed by atoms with van der Waals surface area (Å²) < 4.78 is 20.5. The molecule has 3 unspecified atom stereocenters. The zero-order chi connectivity index (χ0) is 93.4. The molecule has 0 bridgehead atoms. The van der Waals surface area contributed by atoms with E-state index in [1.165, 1.54) is 199 Å². The van der Waals surface area contributed by atoms with E-state index in [4.69, 9.17) is 24.8 Å². The number of ether oxygens (including phenoxy) is 4. The highest BCUT2D eigenvalue weighted by molar-refractivity contribution is 9.09. The first-order chi connectivity index (χ1) is 59.0. The van der Waals surface area contributed by atoms with Gasteiger partial charge in [0.05, 0.1) is 26.4 Å². The lowest BCUT2D eigenvalue weighted by atomic mass is 9.88. The van der Waals surface area contributed by atoms with Crippen LogP contribution in [0.1, 0.15) is 500 Å².